The van der Waals surface area contributed by atoms with Gasteiger partial charge >= 0.3 is 0 Å². The van der Waals surface area contributed by atoms with E-state index in [9.17, 15) is 9.59 Å². The van der Waals surface area contributed by atoms with E-state index in [4.69, 9.17) is 11.6 Å². The first kappa shape index (κ1) is 25.8. The van der Waals surface area contributed by atoms with Gasteiger partial charge in [0.25, 0.3) is 11.8 Å². The topological polar surface area (TPSA) is 65.5 Å². The summed E-state index contributed by atoms with van der Waals surface area (Å²) in [6.45, 7) is 3.10. The van der Waals surface area contributed by atoms with Gasteiger partial charge in [-0.2, -0.15) is 0 Å². The number of carbonyl (C=O) groups excluding carboxylic acids is 2. The molecule has 3 heterocycles. The van der Waals surface area contributed by atoms with Gasteiger partial charge < -0.3 is 15.1 Å². The predicted molar refractivity (Wildman–Crippen MR) is 150 cm³/mol. The molecule has 3 aromatic rings. The fraction of sp³-hybridized carbons (Fsp3) is 0.387. The lowest BCUT2D eigenvalue weighted by molar-refractivity contribution is 0.0762. The van der Waals surface area contributed by atoms with Crippen LogP contribution in [-0.2, 0) is 6.42 Å². The SMILES string of the molecule is O=C(NC1CCCc2cc(F)c(C(=O)N3CCC4(CCCN(c5ccncc5)C4)C3)cc21)c1ccccc1Cl. The standard InChI is InChI=1S/C31H32ClFN4O2/c32-26-7-2-1-6-23(26)29(38)35-28-8-3-5-21-17-27(33)25(18-24(21)28)30(39)37-16-12-31(20-37)11-4-15-36(19-31)22-9-13-34-14-10-22/h1-2,6-7,9-10,13-14,17-18,28H,3-5,8,11-12,15-16,19-20H2,(H,35,38). The number of carbonyl (C=O) groups is 2. The van der Waals surface area contributed by atoms with Gasteiger partial charge in [0.1, 0.15) is 5.82 Å². The summed E-state index contributed by atoms with van der Waals surface area (Å²) in [5.41, 5.74) is 3.32. The zero-order valence-corrected chi connectivity index (χ0v) is 22.6. The van der Waals surface area contributed by atoms with Gasteiger partial charge in [-0.05, 0) is 86.1 Å². The molecule has 2 amide bonds. The van der Waals surface area contributed by atoms with E-state index >= 15 is 4.39 Å². The molecule has 1 aromatic heterocycles. The lowest BCUT2D eigenvalue weighted by atomic mass is 9.79. The lowest BCUT2D eigenvalue weighted by Gasteiger charge is -2.41. The fourth-order valence-electron chi connectivity index (χ4n) is 6.61. The molecule has 2 aliphatic heterocycles. The monoisotopic (exact) mass is 546 g/mol. The number of hydrogen-bond acceptors (Lipinski definition) is 4. The number of aryl methyl sites for hydroxylation is 1. The molecule has 3 aliphatic rings. The largest absolute Gasteiger partial charge is 0.371 e. The highest BCUT2D eigenvalue weighted by molar-refractivity contribution is 6.33. The molecule has 0 radical (unpaired) electrons. The molecule has 2 saturated heterocycles. The number of nitrogens with zero attached hydrogens (tertiary/aromatic N) is 3. The number of hydrogen-bond donors (Lipinski definition) is 1. The van der Waals surface area contributed by atoms with Crippen molar-refractivity contribution in [3.8, 4) is 0 Å². The Balaban J connectivity index is 1.20. The zero-order valence-electron chi connectivity index (χ0n) is 21.8. The third-order valence-electron chi connectivity index (χ3n) is 8.61. The van der Waals surface area contributed by atoms with Gasteiger partial charge in [0.05, 0.1) is 22.2 Å². The molecule has 0 bridgehead atoms. The van der Waals surface area contributed by atoms with Crippen LogP contribution in [0.3, 0.4) is 0 Å². The Kier molecular flexibility index (Phi) is 7.02. The predicted octanol–water partition coefficient (Wildman–Crippen LogP) is 5.81. The highest BCUT2D eigenvalue weighted by Gasteiger charge is 2.43. The van der Waals surface area contributed by atoms with Gasteiger partial charge in [0.15, 0.2) is 0 Å². The highest BCUT2D eigenvalue weighted by Crippen LogP contribution is 2.41. The van der Waals surface area contributed by atoms with E-state index in [1.165, 1.54) is 6.07 Å². The lowest BCUT2D eigenvalue weighted by Crippen LogP contribution is -2.45. The summed E-state index contributed by atoms with van der Waals surface area (Å²) >= 11 is 6.24. The minimum absolute atomic E-state index is 0.00727. The van der Waals surface area contributed by atoms with Gasteiger partial charge in [-0.25, -0.2) is 4.39 Å². The molecular weight excluding hydrogens is 515 g/mol. The Bertz CT molecular complexity index is 1400. The minimum Gasteiger partial charge on any atom is -0.371 e. The summed E-state index contributed by atoms with van der Waals surface area (Å²) in [5, 5.41) is 3.46. The molecule has 2 unspecified atom stereocenters. The van der Waals surface area contributed by atoms with E-state index in [1.807, 2.05) is 29.4 Å². The fourth-order valence-corrected chi connectivity index (χ4v) is 6.84. The van der Waals surface area contributed by atoms with E-state index in [0.29, 0.717) is 23.7 Å². The van der Waals surface area contributed by atoms with E-state index in [2.05, 4.69) is 15.2 Å². The average Bonchev–Trinajstić information content (AvgIpc) is 3.36. The Morgan fingerprint density at radius 2 is 1.82 bits per heavy atom. The van der Waals surface area contributed by atoms with Crippen LogP contribution >= 0.6 is 11.6 Å². The van der Waals surface area contributed by atoms with Gasteiger partial charge in [-0.3, -0.25) is 14.6 Å². The maximum Gasteiger partial charge on any atom is 0.256 e. The number of anilines is 1. The number of halogens is 2. The molecule has 6 nitrogen and oxygen atoms in total. The summed E-state index contributed by atoms with van der Waals surface area (Å²) in [6, 6.07) is 13.8. The van der Waals surface area contributed by atoms with Gasteiger partial charge in [-0.1, -0.05) is 23.7 Å². The van der Waals surface area contributed by atoms with E-state index < -0.39 is 5.82 Å². The summed E-state index contributed by atoms with van der Waals surface area (Å²) in [5.74, 6) is -1.03. The maximum absolute atomic E-state index is 15.3. The molecular formula is C31H32ClFN4O2. The van der Waals surface area contributed by atoms with Crippen molar-refractivity contribution in [1.29, 1.82) is 0 Å². The Hall–Kier alpha value is -3.45. The first-order valence-electron chi connectivity index (χ1n) is 13.7. The summed E-state index contributed by atoms with van der Waals surface area (Å²) in [4.78, 5) is 35.0. The third kappa shape index (κ3) is 5.12. The number of piperidine rings is 1. The van der Waals surface area contributed by atoms with Crippen LogP contribution in [0.1, 0.15) is 70.0 Å². The van der Waals surface area contributed by atoms with Crippen molar-refractivity contribution in [3.63, 3.8) is 0 Å². The van der Waals surface area contributed by atoms with Gasteiger partial charge in [0.2, 0.25) is 0 Å². The van der Waals surface area contributed by atoms with Gasteiger partial charge in [-0.15, -0.1) is 0 Å². The first-order valence-corrected chi connectivity index (χ1v) is 14.1. The van der Waals surface area contributed by atoms with Crippen LogP contribution in [0.2, 0.25) is 5.02 Å². The Morgan fingerprint density at radius 1 is 1.00 bits per heavy atom. The van der Waals surface area contributed by atoms with Crippen LogP contribution in [0.5, 0.6) is 0 Å². The van der Waals surface area contributed by atoms with E-state index in [1.54, 1.807) is 30.3 Å². The second kappa shape index (κ2) is 10.6. The maximum atomic E-state index is 15.3. The molecule has 8 heteroatoms. The smallest absolute Gasteiger partial charge is 0.256 e. The quantitative estimate of drug-likeness (QED) is 0.448. The van der Waals surface area contributed by atoms with Crippen molar-refractivity contribution in [2.24, 2.45) is 5.41 Å². The van der Waals surface area contributed by atoms with Crippen LogP contribution in [-0.4, -0.2) is 47.9 Å². The summed E-state index contributed by atoms with van der Waals surface area (Å²) < 4.78 is 15.3. The number of pyridine rings is 1. The summed E-state index contributed by atoms with van der Waals surface area (Å²) in [7, 11) is 0. The molecule has 6 rings (SSSR count). The number of amides is 2. The molecule has 2 fully saturated rings. The molecule has 1 spiro atoms. The van der Waals surface area contributed by atoms with E-state index in [-0.39, 0.29) is 28.8 Å². The number of likely N-dealkylation sites (tertiary alicyclic amines) is 1. The van der Waals surface area contributed by atoms with Crippen molar-refractivity contribution >= 4 is 29.1 Å². The Labute approximate surface area is 233 Å². The molecule has 2 atom stereocenters. The van der Waals surface area contributed by atoms with Crippen molar-refractivity contribution in [1.82, 2.24) is 15.2 Å². The van der Waals surface area contributed by atoms with Crippen molar-refractivity contribution < 1.29 is 14.0 Å². The van der Waals surface area contributed by atoms with Crippen LogP contribution < -0.4 is 10.2 Å². The molecule has 1 aliphatic carbocycles. The third-order valence-corrected chi connectivity index (χ3v) is 8.94. The van der Waals surface area contributed by atoms with Crippen molar-refractivity contribution in [2.45, 2.75) is 44.6 Å². The second-order valence-electron chi connectivity index (χ2n) is 11.1. The van der Waals surface area contributed by atoms with E-state index in [0.717, 1.165) is 68.4 Å². The molecule has 202 valence electrons. The number of rotatable bonds is 4. The molecule has 2 aromatic carbocycles. The number of aromatic nitrogens is 1. The van der Waals surface area contributed by atoms with Crippen LogP contribution in [0, 0.1) is 11.2 Å². The highest BCUT2D eigenvalue weighted by atomic mass is 35.5. The van der Waals surface area contributed by atoms with Crippen molar-refractivity contribution in [3.05, 3.63) is 94.0 Å². The van der Waals surface area contributed by atoms with Gasteiger partial charge in [0, 0.05) is 49.7 Å². The minimum atomic E-state index is -0.486. The summed E-state index contributed by atoms with van der Waals surface area (Å²) in [6.07, 6.45) is 8.91. The van der Waals surface area contributed by atoms with Crippen LogP contribution in [0.15, 0.2) is 60.9 Å². The van der Waals surface area contributed by atoms with Crippen LogP contribution in [0.4, 0.5) is 10.1 Å². The van der Waals surface area contributed by atoms with Crippen LogP contribution in [0.25, 0.3) is 0 Å². The zero-order chi connectivity index (χ0) is 27.0. The van der Waals surface area contributed by atoms with Crippen molar-refractivity contribution in [2.75, 3.05) is 31.1 Å². The average molecular weight is 547 g/mol. The molecule has 0 saturated carbocycles. The normalized spacial score (nSPS) is 22.6. The molecule has 1 N–H and O–H groups in total. The number of fused-ring (bicyclic) bond motifs is 1. The Morgan fingerprint density at radius 3 is 2.64 bits per heavy atom. The first-order chi connectivity index (χ1) is 18.9. The number of nitrogens with one attached hydrogen (secondary N) is 1. The molecule has 39 heavy (non-hydrogen) atoms. The number of benzene rings is 2. The second-order valence-corrected chi connectivity index (χ2v) is 11.5.